The lowest BCUT2D eigenvalue weighted by molar-refractivity contribution is -0.0605. The fraction of sp³-hybridized carbons (Fsp3) is 0.708. The number of aliphatic hydroxyl groups is 1. The minimum absolute atomic E-state index is 0.00282. The number of hydrogen-bond donors (Lipinski definition) is 2. The van der Waals surface area contributed by atoms with Crippen LogP contribution in [0.25, 0.3) is 11.2 Å². The van der Waals surface area contributed by atoms with Gasteiger partial charge in [-0.1, -0.05) is 6.92 Å². The molecule has 0 aliphatic carbocycles. The molecule has 0 aromatic carbocycles. The first kappa shape index (κ1) is 34.2. The Morgan fingerprint density at radius 2 is 1.65 bits per heavy atom. The van der Waals surface area contributed by atoms with E-state index in [1.54, 1.807) is 46.1 Å². The lowest BCUT2D eigenvalue weighted by Gasteiger charge is -2.21. The molecule has 242 valence electrons. The van der Waals surface area contributed by atoms with Crippen molar-refractivity contribution in [2.45, 2.75) is 78.6 Å². The third-order valence-electron chi connectivity index (χ3n) is 5.80. The van der Waals surface area contributed by atoms with Crippen LogP contribution in [-0.4, -0.2) is 94.3 Å². The van der Waals surface area contributed by atoms with Gasteiger partial charge in [0, 0.05) is 5.92 Å². The molecule has 1 aliphatic rings. The van der Waals surface area contributed by atoms with Crippen LogP contribution in [-0.2, 0) is 48.4 Å². The summed E-state index contributed by atoms with van der Waals surface area (Å²) in [6, 6.07) is 0. The summed E-state index contributed by atoms with van der Waals surface area (Å²) in [5.74, 6) is -0.168. The number of phosphoric acid groups is 1. The SMILES string of the molecule is CCOc1nc(N)nc2c1ncn2C[C@@H]1O[C@H](COP(=O)(OCOC(=O)OC(C)C)OCOC(=O)OC(C)C)[C@@H](O)[C@@H]1C. The highest BCUT2D eigenvalue weighted by Gasteiger charge is 2.43. The normalized spacial score (nSPS) is 20.5. The standard InChI is InChI=1S/C24H38N5O13P/c1-7-34-21-18-20(27-22(25)28-21)29(10-26-18)8-16-15(6)19(30)17(42-16)9-37-43(33,38-11-35-23(31)40-13(2)3)39-12-36-24(32)41-14(4)5/h10,13-17,19,30H,7-9,11-12H2,1-6H3,(H2,25,27,28)/t15-,16+,17-,19+/m1/s1. The molecule has 3 heterocycles. The van der Waals surface area contributed by atoms with Gasteiger partial charge in [0.25, 0.3) is 0 Å². The van der Waals surface area contributed by atoms with Gasteiger partial charge in [-0.15, -0.1) is 0 Å². The molecule has 1 saturated heterocycles. The quantitative estimate of drug-likeness (QED) is 0.163. The molecule has 43 heavy (non-hydrogen) atoms. The summed E-state index contributed by atoms with van der Waals surface area (Å²) in [6.45, 7) is 8.31. The Hall–Kier alpha value is -3.28. The number of nitrogens with zero attached hydrogens (tertiary/aromatic N) is 4. The molecule has 2 aromatic rings. The van der Waals surface area contributed by atoms with Gasteiger partial charge in [-0.25, -0.2) is 28.2 Å². The van der Waals surface area contributed by atoms with E-state index in [4.69, 9.17) is 47.7 Å². The lowest BCUT2D eigenvalue weighted by atomic mass is 9.98. The first-order chi connectivity index (χ1) is 20.3. The van der Waals surface area contributed by atoms with Crippen molar-refractivity contribution in [1.82, 2.24) is 19.5 Å². The molecule has 1 aliphatic heterocycles. The molecule has 3 N–H and O–H groups in total. The molecule has 0 saturated carbocycles. The number of hydrogen-bond acceptors (Lipinski definition) is 17. The average molecular weight is 636 g/mol. The van der Waals surface area contributed by atoms with Crippen LogP contribution in [0.5, 0.6) is 5.88 Å². The Morgan fingerprint density at radius 1 is 1.05 bits per heavy atom. The lowest BCUT2D eigenvalue weighted by Crippen LogP contribution is -2.29. The van der Waals surface area contributed by atoms with Crippen molar-refractivity contribution in [2.24, 2.45) is 5.92 Å². The van der Waals surface area contributed by atoms with Crippen LogP contribution in [0.2, 0.25) is 0 Å². The largest absolute Gasteiger partial charge is 0.510 e. The van der Waals surface area contributed by atoms with E-state index in [2.05, 4.69) is 15.0 Å². The van der Waals surface area contributed by atoms with Crippen molar-refractivity contribution in [3.8, 4) is 5.88 Å². The highest BCUT2D eigenvalue weighted by atomic mass is 31.2. The van der Waals surface area contributed by atoms with Gasteiger partial charge in [0.2, 0.25) is 25.4 Å². The van der Waals surface area contributed by atoms with E-state index in [1.165, 1.54) is 6.33 Å². The highest BCUT2D eigenvalue weighted by Crippen LogP contribution is 2.50. The van der Waals surface area contributed by atoms with E-state index in [-0.39, 0.29) is 18.4 Å². The number of imidazole rings is 1. The summed E-state index contributed by atoms with van der Waals surface area (Å²) in [7, 11) is -4.54. The second kappa shape index (κ2) is 15.4. The number of phosphoric ester groups is 1. The molecule has 0 bridgehead atoms. The molecule has 0 spiro atoms. The van der Waals surface area contributed by atoms with Crippen LogP contribution in [0.3, 0.4) is 0 Å². The molecule has 1 fully saturated rings. The van der Waals surface area contributed by atoms with Gasteiger partial charge in [0.05, 0.1) is 50.5 Å². The fourth-order valence-corrected chi connectivity index (χ4v) is 4.76. The van der Waals surface area contributed by atoms with E-state index in [1.807, 2.05) is 0 Å². The third-order valence-corrected chi connectivity index (χ3v) is 7.11. The zero-order valence-corrected chi connectivity index (χ0v) is 25.6. The highest BCUT2D eigenvalue weighted by molar-refractivity contribution is 7.48. The maximum atomic E-state index is 13.2. The average Bonchev–Trinajstić information content (AvgIpc) is 3.42. The third kappa shape index (κ3) is 9.87. The van der Waals surface area contributed by atoms with E-state index < -0.39 is 76.8 Å². The zero-order chi connectivity index (χ0) is 31.7. The van der Waals surface area contributed by atoms with E-state index in [9.17, 15) is 19.3 Å². The molecular weight excluding hydrogens is 597 g/mol. The topological polar surface area (TPSA) is 224 Å². The minimum atomic E-state index is -4.54. The van der Waals surface area contributed by atoms with Crippen LogP contribution in [0, 0.1) is 5.92 Å². The Kier molecular flexibility index (Phi) is 12.3. The van der Waals surface area contributed by atoms with Gasteiger partial charge in [0.1, 0.15) is 6.10 Å². The summed E-state index contributed by atoms with van der Waals surface area (Å²) in [5.41, 5.74) is 6.67. The monoisotopic (exact) mass is 635 g/mol. The Labute approximate surface area is 247 Å². The fourth-order valence-electron chi connectivity index (χ4n) is 3.84. The van der Waals surface area contributed by atoms with Gasteiger partial charge in [0.15, 0.2) is 11.2 Å². The summed E-state index contributed by atoms with van der Waals surface area (Å²) in [5, 5.41) is 10.9. The number of aromatic nitrogens is 4. The Bertz CT molecular complexity index is 1240. The van der Waals surface area contributed by atoms with Gasteiger partial charge in [-0.05, 0) is 34.6 Å². The molecular formula is C24H38N5O13P. The van der Waals surface area contributed by atoms with Crippen molar-refractivity contribution in [3.05, 3.63) is 6.33 Å². The number of anilines is 1. The smallest absolute Gasteiger partial charge is 0.476 e. The first-order valence-electron chi connectivity index (χ1n) is 13.5. The molecule has 0 unspecified atom stereocenters. The molecule has 19 heteroatoms. The second-order valence-corrected chi connectivity index (χ2v) is 11.5. The summed E-state index contributed by atoms with van der Waals surface area (Å²) in [6.07, 6.45) is -4.18. The molecule has 4 atom stereocenters. The maximum absolute atomic E-state index is 13.2. The van der Waals surface area contributed by atoms with Crippen molar-refractivity contribution < 1.29 is 61.3 Å². The van der Waals surface area contributed by atoms with Crippen LogP contribution in [0.4, 0.5) is 15.5 Å². The Balaban J connectivity index is 1.64. The predicted octanol–water partition coefficient (Wildman–Crippen LogP) is 2.77. The molecule has 3 rings (SSSR count). The molecule has 0 radical (unpaired) electrons. The predicted molar refractivity (Wildman–Crippen MR) is 146 cm³/mol. The van der Waals surface area contributed by atoms with Gasteiger partial charge >= 0.3 is 20.1 Å². The van der Waals surface area contributed by atoms with Crippen molar-refractivity contribution in [2.75, 3.05) is 32.5 Å². The number of rotatable bonds is 15. The number of fused-ring (bicyclic) bond motifs is 1. The van der Waals surface area contributed by atoms with Crippen LogP contribution < -0.4 is 10.5 Å². The van der Waals surface area contributed by atoms with Crippen molar-refractivity contribution in [3.63, 3.8) is 0 Å². The van der Waals surface area contributed by atoms with E-state index in [0.29, 0.717) is 17.8 Å². The molecule has 2 aromatic heterocycles. The zero-order valence-electron chi connectivity index (χ0n) is 24.7. The number of ether oxygens (including phenoxy) is 6. The summed E-state index contributed by atoms with van der Waals surface area (Å²) in [4.78, 5) is 35.9. The minimum Gasteiger partial charge on any atom is -0.476 e. The van der Waals surface area contributed by atoms with Crippen molar-refractivity contribution in [1.29, 1.82) is 0 Å². The number of carbonyl (C=O) groups is 2. The number of aliphatic hydroxyl groups excluding tert-OH is 1. The number of nitrogen functional groups attached to an aromatic ring is 1. The van der Waals surface area contributed by atoms with E-state index in [0.717, 1.165) is 0 Å². The second-order valence-electron chi connectivity index (χ2n) is 9.81. The van der Waals surface area contributed by atoms with Crippen molar-refractivity contribution >= 4 is 37.2 Å². The van der Waals surface area contributed by atoms with Gasteiger partial charge in [-0.2, -0.15) is 9.97 Å². The molecule has 0 amide bonds. The van der Waals surface area contributed by atoms with Gasteiger partial charge < -0.3 is 43.8 Å². The van der Waals surface area contributed by atoms with Gasteiger partial charge in [-0.3, -0.25) is 4.52 Å². The van der Waals surface area contributed by atoms with E-state index >= 15 is 0 Å². The van der Waals surface area contributed by atoms with Crippen LogP contribution in [0.15, 0.2) is 6.33 Å². The number of nitrogens with two attached hydrogens (primary N) is 1. The maximum Gasteiger partial charge on any atom is 0.510 e. The van der Waals surface area contributed by atoms with Crippen LogP contribution in [0.1, 0.15) is 41.5 Å². The summed E-state index contributed by atoms with van der Waals surface area (Å²) < 4.78 is 60.9. The Morgan fingerprint density at radius 3 is 2.21 bits per heavy atom. The summed E-state index contributed by atoms with van der Waals surface area (Å²) >= 11 is 0. The molecule has 18 nitrogen and oxygen atoms in total. The number of carbonyl (C=O) groups excluding carboxylic acids is 2. The first-order valence-corrected chi connectivity index (χ1v) is 14.9. The van der Waals surface area contributed by atoms with Crippen LogP contribution >= 0.6 is 7.82 Å².